The number of hydrogen-bond donors (Lipinski definition) is 1. The van der Waals surface area contributed by atoms with E-state index in [1.54, 1.807) is 0 Å². The highest BCUT2D eigenvalue weighted by atomic mass is 16.5. The lowest BCUT2D eigenvalue weighted by Crippen LogP contribution is -2.37. The maximum absolute atomic E-state index is 11.1. The second kappa shape index (κ2) is 7.26. The summed E-state index contributed by atoms with van der Waals surface area (Å²) in [5, 5.41) is 9.08. The van der Waals surface area contributed by atoms with Crippen molar-refractivity contribution in [1.82, 2.24) is 0 Å². The van der Waals surface area contributed by atoms with E-state index in [-0.39, 0.29) is 6.61 Å². The predicted molar refractivity (Wildman–Crippen MR) is 72.9 cm³/mol. The Kier molecular flexibility index (Phi) is 5.99. The van der Waals surface area contributed by atoms with Gasteiger partial charge in [-0.3, -0.25) is 0 Å². The smallest absolute Gasteiger partial charge is 0.333 e. The summed E-state index contributed by atoms with van der Waals surface area (Å²) in [5.74, 6) is -0.935. The van der Waals surface area contributed by atoms with Crippen molar-refractivity contribution in [3.8, 4) is 0 Å². The molecule has 0 spiro atoms. The highest BCUT2D eigenvalue weighted by Gasteiger charge is 2.31. The Morgan fingerprint density at radius 2 is 1.84 bits per heavy atom. The number of carbonyl (C=O) groups is 1. The van der Waals surface area contributed by atoms with Crippen molar-refractivity contribution in [2.24, 2.45) is 5.41 Å². The fraction of sp³-hybridized carbons (Fsp3) is 0.533. The SMILES string of the molecule is CC(C)(C)C(OCCOCc1ccccc1)C(=O)O. The Labute approximate surface area is 114 Å². The molecule has 1 aromatic carbocycles. The first kappa shape index (κ1) is 15.7. The zero-order valence-corrected chi connectivity index (χ0v) is 11.8. The van der Waals surface area contributed by atoms with E-state index in [2.05, 4.69) is 0 Å². The largest absolute Gasteiger partial charge is 0.479 e. The van der Waals surface area contributed by atoms with E-state index in [1.807, 2.05) is 51.1 Å². The Morgan fingerprint density at radius 3 is 2.37 bits per heavy atom. The van der Waals surface area contributed by atoms with Crippen molar-refractivity contribution >= 4 is 5.97 Å². The molecule has 1 N–H and O–H groups in total. The molecule has 0 aliphatic rings. The lowest BCUT2D eigenvalue weighted by Gasteiger charge is -2.26. The molecule has 0 aliphatic carbocycles. The monoisotopic (exact) mass is 266 g/mol. The highest BCUT2D eigenvalue weighted by Crippen LogP contribution is 2.22. The first-order valence-corrected chi connectivity index (χ1v) is 6.37. The van der Waals surface area contributed by atoms with Crippen LogP contribution in [0.15, 0.2) is 30.3 Å². The molecule has 1 atom stereocenters. The molecule has 19 heavy (non-hydrogen) atoms. The van der Waals surface area contributed by atoms with Crippen LogP contribution in [0.2, 0.25) is 0 Å². The van der Waals surface area contributed by atoms with Crippen molar-refractivity contribution in [3.63, 3.8) is 0 Å². The topological polar surface area (TPSA) is 55.8 Å². The van der Waals surface area contributed by atoms with Gasteiger partial charge < -0.3 is 14.6 Å². The van der Waals surface area contributed by atoms with E-state index in [4.69, 9.17) is 14.6 Å². The summed E-state index contributed by atoms with van der Waals surface area (Å²) in [6, 6.07) is 9.82. The number of aliphatic carboxylic acids is 1. The number of hydrogen-bond acceptors (Lipinski definition) is 3. The van der Waals surface area contributed by atoms with Gasteiger partial charge in [-0.15, -0.1) is 0 Å². The molecule has 106 valence electrons. The number of carboxylic acid groups (broad SMARTS) is 1. The van der Waals surface area contributed by atoms with E-state index in [1.165, 1.54) is 0 Å². The molecule has 0 bridgehead atoms. The third kappa shape index (κ3) is 5.85. The predicted octanol–water partition coefficient (Wildman–Crippen LogP) is 2.72. The zero-order valence-electron chi connectivity index (χ0n) is 11.8. The van der Waals surface area contributed by atoms with Gasteiger partial charge in [0, 0.05) is 0 Å². The molecular weight excluding hydrogens is 244 g/mol. The molecule has 0 heterocycles. The highest BCUT2D eigenvalue weighted by molar-refractivity contribution is 5.73. The molecule has 0 amide bonds. The van der Waals surface area contributed by atoms with Crippen molar-refractivity contribution in [2.75, 3.05) is 13.2 Å². The molecule has 1 aromatic rings. The van der Waals surface area contributed by atoms with Gasteiger partial charge in [-0.25, -0.2) is 4.79 Å². The summed E-state index contributed by atoms with van der Waals surface area (Å²) in [4.78, 5) is 11.1. The van der Waals surface area contributed by atoms with Crippen LogP contribution >= 0.6 is 0 Å². The van der Waals surface area contributed by atoms with Gasteiger partial charge in [0.25, 0.3) is 0 Å². The molecular formula is C15H22O4. The van der Waals surface area contributed by atoms with Gasteiger partial charge in [-0.1, -0.05) is 51.1 Å². The van der Waals surface area contributed by atoms with Crippen LogP contribution < -0.4 is 0 Å². The molecule has 0 aromatic heterocycles. The minimum atomic E-state index is -0.935. The zero-order chi connectivity index (χ0) is 14.3. The van der Waals surface area contributed by atoms with E-state index in [9.17, 15) is 4.79 Å². The molecule has 4 nitrogen and oxygen atoms in total. The van der Waals surface area contributed by atoms with Crippen molar-refractivity contribution in [1.29, 1.82) is 0 Å². The Bertz CT molecular complexity index is 381. The van der Waals surface area contributed by atoms with Crippen molar-refractivity contribution < 1.29 is 19.4 Å². The summed E-state index contributed by atoms with van der Waals surface area (Å²) in [7, 11) is 0. The fourth-order valence-corrected chi connectivity index (χ4v) is 1.68. The normalized spacial score (nSPS) is 13.2. The minimum absolute atomic E-state index is 0.279. The minimum Gasteiger partial charge on any atom is -0.479 e. The van der Waals surface area contributed by atoms with E-state index < -0.39 is 17.5 Å². The Balaban J connectivity index is 2.25. The van der Waals surface area contributed by atoms with Gasteiger partial charge in [0.05, 0.1) is 19.8 Å². The summed E-state index contributed by atoms with van der Waals surface area (Å²) in [6.45, 7) is 6.71. The third-order valence-electron chi connectivity index (χ3n) is 2.63. The first-order valence-electron chi connectivity index (χ1n) is 6.37. The average Bonchev–Trinajstić information content (AvgIpc) is 2.32. The first-order chi connectivity index (χ1) is 8.91. The molecule has 1 rings (SSSR count). The fourth-order valence-electron chi connectivity index (χ4n) is 1.68. The van der Waals surface area contributed by atoms with Crippen molar-refractivity contribution in [2.45, 2.75) is 33.5 Å². The van der Waals surface area contributed by atoms with Crippen LogP contribution in [0.4, 0.5) is 0 Å². The molecule has 4 heteroatoms. The number of carboxylic acids is 1. The molecule has 0 aliphatic heterocycles. The van der Waals surface area contributed by atoms with Gasteiger partial charge in [0.2, 0.25) is 0 Å². The lowest BCUT2D eigenvalue weighted by molar-refractivity contribution is -0.159. The second-order valence-electron chi connectivity index (χ2n) is 5.49. The Morgan fingerprint density at radius 1 is 1.21 bits per heavy atom. The lowest BCUT2D eigenvalue weighted by atomic mass is 9.89. The Hall–Kier alpha value is -1.39. The van der Waals surface area contributed by atoms with E-state index in [0.29, 0.717) is 13.2 Å². The maximum atomic E-state index is 11.1. The number of benzene rings is 1. The van der Waals surface area contributed by atoms with Crippen LogP contribution in [0.3, 0.4) is 0 Å². The van der Waals surface area contributed by atoms with Gasteiger partial charge in [0.15, 0.2) is 6.10 Å². The van der Waals surface area contributed by atoms with Crippen LogP contribution in [-0.2, 0) is 20.9 Å². The van der Waals surface area contributed by atoms with Crippen LogP contribution in [-0.4, -0.2) is 30.4 Å². The van der Waals surface area contributed by atoms with Crippen LogP contribution in [0.5, 0.6) is 0 Å². The summed E-state index contributed by atoms with van der Waals surface area (Å²) >= 11 is 0. The summed E-state index contributed by atoms with van der Waals surface area (Å²) < 4.78 is 10.8. The summed E-state index contributed by atoms with van der Waals surface area (Å²) in [5.41, 5.74) is 0.666. The second-order valence-corrected chi connectivity index (χ2v) is 5.49. The standard InChI is InChI=1S/C15H22O4/c1-15(2,3)13(14(16)17)19-10-9-18-11-12-7-5-4-6-8-12/h4-8,13H,9-11H2,1-3H3,(H,16,17). The molecule has 0 radical (unpaired) electrons. The number of rotatable bonds is 7. The van der Waals surface area contributed by atoms with E-state index in [0.717, 1.165) is 5.56 Å². The van der Waals surface area contributed by atoms with Crippen LogP contribution in [0, 0.1) is 5.41 Å². The third-order valence-corrected chi connectivity index (χ3v) is 2.63. The van der Waals surface area contributed by atoms with Gasteiger partial charge in [-0.2, -0.15) is 0 Å². The maximum Gasteiger partial charge on any atom is 0.333 e. The molecule has 0 fully saturated rings. The quantitative estimate of drug-likeness (QED) is 0.771. The van der Waals surface area contributed by atoms with Gasteiger partial charge >= 0.3 is 5.97 Å². The van der Waals surface area contributed by atoms with Gasteiger partial charge in [-0.05, 0) is 11.0 Å². The van der Waals surface area contributed by atoms with Crippen LogP contribution in [0.1, 0.15) is 26.3 Å². The summed E-state index contributed by atoms with van der Waals surface area (Å²) in [6.07, 6.45) is -0.812. The van der Waals surface area contributed by atoms with Crippen molar-refractivity contribution in [3.05, 3.63) is 35.9 Å². The van der Waals surface area contributed by atoms with E-state index >= 15 is 0 Å². The molecule has 1 unspecified atom stereocenters. The average molecular weight is 266 g/mol. The molecule has 0 saturated heterocycles. The van der Waals surface area contributed by atoms with Crippen LogP contribution in [0.25, 0.3) is 0 Å². The molecule has 0 saturated carbocycles. The van der Waals surface area contributed by atoms with Gasteiger partial charge in [0.1, 0.15) is 0 Å². The number of ether oxygens (including phenoxy) is 2.